The molecule has 3 heterocycles. The third-order valence-electron chi connectivity index (χ3n) is 4.95. The van der Waals surface area contributed by atoms with Gasteiger partial charge in [0.05, 0.1) is 25.8 Å². The van der Waals surface area contributed by atoms with E-state index in [9.17, 15) is 13.2 Å². The molecule has 0 radical (unpaired) electrons. The predicted octanol–water partition coefficient (Wildman–Crippen LogP) is 1.51. The maximum atomic E-state index is 12.7. The summed E-state index contributed by atoms with van der Waals surface area (Å²) in [4.78, 5) is 14.4. The molecular weight excluding hydrogens is 356 g/mol. The number of ether oxygens (including phenoxy) is 1. The summed E-state index contributed by atoms with van der Waals surface area (Å²) in [5.41, 5.74) is -0.743. The number of benzene rings is 1. The summed E-state index contributed by atoms with van der Waals surface area (Å²) >= 11 is 0. The molecule has 2 aliphatic heterocycles. The normalized spacial score (nSPS) is 24.9. The number of rotatable bonds is 2. The van der Waals surface area contributed by atoms with E-state index in [0.717, 1.165) is 0 Å². The molecule has 1 spiro atoms. The van der Waals surface area contributed by atoms with Gasteiger partial charge in [-0.05, 0) is 24.3 Å². The molecule has 138 valence electrons. The lowest BCUT2D eigenvalue weighted by molar-refractivity contribution is -0.130. The Labute approximate surface area is 152 Å². The number of para-hydroxylation sites is 1. The van der Waals surface area contributed by atoms with Crippen molar-refractivity contribution in [1.29, 1.82) is 0 Å². The highest BCUT2D eigenvalue weighted by Crippen LogP contribution is 2.37. The van der Waals surface area contributed by atoms with Gasteiger partial charge in [0.15, 0.2) is 0 Å². The smallest absolute Gasteiger partial charge is 0.246 e. The zero-order valence-electron chi connectivity index (χ0n) is 14.4. The third kappa shape index (κ3) is 2.89. The van der Waals surface area contributed by atoms with Gasteiger partial charge in [-0.1, -0.05) is 12.1 Å². The Hall–Kier alpha value is -2.32. The molecule has 8 heteroatoms. The van der Waals surface area contributed by atoms with Gasteiger partial charge in [0.25, 0.3) is 0 Å². The largest absolute Gasteiger partial charge is 0.483 e. The second kappa shape index (κ2) is 6.14. The van der Waals surface area contributed by atoms with Crippen LogP contribution in [0, 0.1) is 0 Å². The maximum absolute atomic E-state index is 12.7. The van der Waals surface area contributed by atoms with Gasteiger partial charge in [-0.25, -0.2) is 8.42 Å². The first-order chi connectivity index (χ1) is 12.4. The van der Waals surface area contributed by atoms with E-state index in [4.69, 9.17) is 9.15 Å². The van der Waals surface area contributed by atoms with Crippen molar-refractivity contribution in [1.82, 2.24) is 9.21 Å². The van der Waals surface area contributed by atoms with Gasteiger partial charge in [-0.2, -0.15) is 4.31 Å². The molecule has 2 aliphatic rings. The summed E-state index contributed by atoms with van der Waals surface area (Å²) in [7, 11) is -2.06. The van der Waals surface area contributed by atoms with Gasteiger partial charge >= 0.3 is 0 Å². The number of sulfonamides is 1. The van der Waals surface area contributed by atoms with Crippen LogP contribution in [-0.2, 0) is 21.2 Å². The SMILES string of the molecule is CN1C[C@@]2(CCN(C(=O)Cc3ccco3)C2)Oc2ccccc2S1(=O)=O. The quantitative estimate of drug-likeness (QED) is 0.794. The highest BCUT2D eigenvalue weighted by atomic mass is 32.2. The van der Waals surface area contributed by atoms with E-state index in [-0.39, 0.29) is 23.8 Å². The number of hydrogen-bond acceptors (Lipinski definition) is 5. The summed E-state index contributed by atoms with van der Waals surface area (Å²) < 4.78 is 38.2. The molecule has 1 fully saturated rings. The van der Waals surface area contributed by atoms with Crippen molar-refractivity contribution in [2.24, 2.45) is 0 Å². The number of likely N-dealkylation sites (N-methyl/N-ethyl adjacent to an activating group) is 1. The van der Waals surface area contributed by atoms with Crippen molar-refractivity contribution >= 4 is 15.9 Å². The summed E-state index contributed by atoms with van der Waals surface area (Å²) in [6, 6.07) is 10.2. The van der Waals surface area contributed by atoms with Crippen LogP contribution in [0.1, 0.15) is 12.2 Å². The van der Waals surface area contributed by atoms with Gasteiger partial charge in [-0.3, -0.25) is 4.79 Å². The summed E-state index contributed by atoms with van der Waals surface area (Å²) in [5, 5.41) is 0. The van der Waals surface area contributed by atoms with E-state index in [1.54, 1.807) is 54.6 Å². The van der Waals surface area contributed by atoms with Crippen LogP contribution < -0.4 is 4.74 Å². The average Bonchev–Trinajstić information content (AvgIpc) is 3.23. The zero-order chi connectivity index (χ0) is 18.4. The van der Waals surface area contributed by atoms with Crippen molar-refractivity contribution < 1.29 is 22.4 Å². The van der Waals surface area contributed by atoms with Crippen LogP contribution in [0.4, 0.5) is 0 Å². The van der Waals surface area contributed by atoms with E-state index in [0.29, 0.717) is 31.0 Å². The second-order valence-corrected chi connectivity index (χ2v) is 8.83. The number of carbonyl (C=O) groups is 1. The van der Waals surface area contributed by atoms with Gasteiger partial charge in [0.2, 0.25) is 15.9 Å². The van der Waals surface area contributed by atoms with Crippen LogP contribution in [0.25, 0.3) is 0 Å². The van der Waals surface area contributed by atoms with E-state index in [1.807, 2.05) is 0 Å². The molecule has 1 aromatic heterocycles. The number of hydrogen-bond donors (Lipinski definition) is 0. The molecule has 0 aliphatic carbocycles. The highest BCUT2D eigenvalue weighted by Gasteiger charge is 2.47. The molecule has 4 rings (SSSR count). The van der Waals surface area contributed by atoms with Crippen molar-refractivity contribution in [2.45, 2.75) is 23.3 Å². The molecule has 1 amide bonds. The van der Waals surface area contributed by atoms with E-state index >= 15 is 0 Å². The van der Waals surface area contributed by atoms with Crippen LogP contribution in [0.5, 0.6) is 5.75 Å². The minimum Gasteiger partial charge on any atom is -0.483 e. The van der Waals surface area contributed by atoms with Crippen molar-refractivity contribution in [3.05, 3.63) is 48.4 Å². The Morgan fingerprint density at radius 3 is 2.77 bits per heavy atom. The van der Waals surface area contributed by atoms with Gasteiger partial charge in [0, 0.05) is 20.0 Å². The predicted molar refractivity (Wildman–Crippen MR) is 93.2 cm³/mol. The van der Waals surface area contributed by atoms with Gasteiger partial charge in [-0.15, -0.1) is 0 Å². The lowest BCUT2D eigenvalue weighted by Crippen LogP contribution is -2.48. The van der Waals surface area contributed by atoms with Crippen molar-refractivity contribution in [2.75, 3.05) is 26.7 Å². The van der Waals surface area contributed by atoms with Gasteiger partial charge < -0.3 is 14.1 Å². The Bertz CT molecular complexity index is 925. The molecule has 0 N–H and O–H groups in total. The minimum absolute atomic E-state index is 0.0523. The summed E-state index contributed by atoms with van der Waals surface area (Å²) in [6.07, 6.45) is 2.30. The monoisotopic (exact) mass is 376 g/mol. The molecule has 2 aromatic rings. The minimum atomic E-state index is -3.61. The number of amides is 1. The fourth-order valence-corrected chi connectivity index (χ4v) is 4.97. The lowest BCUT2D eigenvalue weighted by Gasteiger charge is -2.30. The highest BCUT2D eigenvalue weighted by molar-refractivity contribution is 7.89. The molecule has 0 bridgehead atoms. The summed E-state index contributed by atoms with van der Waals surface area (Å²) in [5.74, 6) is 0.906. The van der Waals surface area contributed by atoms with Crippen LogP contribution in [0.3, 0.4) is 0 Å². The second-order valence-electron chi connectivity index (χ2n) is 6.81. The fourth-order valence-electron chi connectivity index (χ4n) is 3.62. The number of likely N-dealkylation sites (tertiary alicyclic amines) is 1. The molecule has 7 nitrogen and oxygen atoms in total. The average molecular weight is 376 g/mol. The summed E-state index contributed by atoms with van der Waals surface area (Å²) in [6.45, 7) is 1.07. The van der Waals surface area contributed by atoms with Crippen molar-refractivity contribution in [3.63, 3.8) is 0 Å². The first-order valence-electron chi connectivity index (χ1n) is 8.44. The third-order valence-corrected chi connectivity index (χ3v) is 6.79. The molecule has 1 atom stereocenters. The zero-order valence-corrected chi connectivity index (χ0v) is 15.2. The number of carbonyl (C=O) groups excluding carboxylic acids is 1. The number of fused-ring (bicyclic) bond motifs is 1. The molecular formula is C18H20N2O5S. The Kier molecular flexibility index (Phi) is 4.04. The fraction of sp³-hybridized carbons (Fsp3) is 0.389. The lowest BCUT2D eigenvalue weighted by atomic mass is 10.0. The molecule has 0 saturated carbocycles. The molecule has 0 unspecified atom stereocenters. The number of nitrogens with zero attached hydrogens (tertiary/aromatic N) is 2. The van der Waals surface area contributed by atoms with E-state index in [2.05, 4.69) is 0 Å². The maximum Gasteiger partial charge on any atom is 0.246 e. The molecule has 1 aromatic carbocycles. The standard InChI is InChI=1S/C18H20N2O5S/c1-19-12-18(25-15-6-2-3-7-16(15)26(19,22)23)8-9-20(13-18)17(21)11-14-5-4-10-24-14/h2-7,10H,8-9,11-13H2,1H3/t18-/m1/s1. The number of furan rings is 1. The van der Waals surface area contributed by atoms with Crippen LogP contribution in [-0.4, -0.2) is 55.8 Å². The Morgan fingerprint density at radius 1 is 1.19 bits per heavy atom. The van der Waals surface area contributed by atoms with Crippen LogP contribution in [0.2, 0.25) is 0 Å². The van der Waals surface area contributed by atoms with Gasteiger partial charge in [0.1, 0.15) is 22.0 Å². The topological polar surface area (TPSA) is 80.1 Å². The molecule has 26 heavy (non-hydrogen) atoms. The van der Waals surface area contributed by atoms with Crippen LogP contribution in [0.15, 0.2) is 52.0 Å². The van der Waals surface area contributed by atoms with E-state index in [1.165, 1.54) is 4.31 Å². The van der Waals surface area contributed by atoms with E-state index < -0.39 is 15.6 Å². The van der Waals surface area contributed by atoms with Crippen molar-refractivity contribution in [3.8, 4) is 5.75 Å². The Morgan fingerprint density at radius 2 is 2.00 bits per heavy atom. The molecule has 1 saturated heterocycles. The Balaban J connectivity index is 1.59. The van der Waals surface area contributed by atoms with Crippen LogP contribution >= 0.6 is 0 Å². The first-order valence-corrected chi connectivity index (χ1v) is 9.88. The first kappa shape index (κ1) is 17.1.